The minimum Gasteiger partial charge on any atom is -0.337 e. The molecule has 1 aromatic heterocycles. The normalized spacial score (nSPS) is 21.1. The van der Waals surface area contributed by atoms with Gasteiger partial charge in [0.1, 0.15) is 5.03 Å². The van der Waals surface area contributed by atoms with Gasteiger partial charge in [0.2, 0.25) is 0 Å². The van der Waals surface area contributed by atoms with Crippen LogP contribution in [0.15, 0.2) is 58.6 Å². The summed E-state index contributed by atoms with van der Waals surface area (Å²) in [5.74, 6) is 0.150. The van der Waals surface area contributed by atoms with Crippen molar-refractivity contribution in [2.24, 2.45) is 0 Å². The van der Waals surface area contributed by atoms with Gasteiger partial charge in [-0.05, 0) is 42.8 Å². The first-order valence-electron chi connectivity index (χ1n) is 9.22. The molecule has 136 valence electrons. The van der Waals surface area contributed by atoms with Crippen LogP contribution in [0.2, 0.25) is 0 Å². The number of nitrogens with zero attached hydrogens (tertiary/aromatic N) is 3. The van der Waals surface area contributed by atoms with E-state index in [9.17, 15) is 4.79 Å². The molecule has 1 aromatic carbocycles. The summed E-state index contributed by atoms with van der Waals surface area (Å²) in [6.45, 7) is 6.00. The summed E-state index contributed by atoms with van der Waals surface area (Å²) in [6, 6.07) is 14.3. The molecule has 0 radical (unpaired) electrons. The molecule has 2 saturated heterocycles. The van der Waals surface area contributed by atoms with E-state index < -0.39 is 0 Å². The van der Waals surface area contributed by atoms with E-state index >= 15 is 0 Å². The molecule has 26 heavy (non-hydrogen) atoms. The molecule has 1 N–H and O–H groups in total. The third-order valence-electron chi connectivity index (χ3n) is 5.08. The fourth-order valence-electron chi connectivity index (χ4n) is 3.65. The molecule has 6 heteroatoms. The quantitative estimate of drug-likeness (QED) is 0.898. The van der Waals surface area contributed by atoms with Crippen LogP contribution in [0.4, 0.5) is 0 Å². The number of hydrogen-bond acceptors (Lipinski definition) is 5. The maximum atomic E-state index is 12.8. The van der Waals surface area contributed by atoms with Crippen LogP contribution in [0.3, 0.4) is 0 Å². The first-order valence-corrected chi connectivity index (χ1v) is 10.0. The molecular formula is C20H24N4OS. The standard InChI is InChI=1S/C20H24N4OS/c25-20(24-12-8-17(15-24)23-13-10-21-11-14-23)16-4-6-18(7-5-16)26-19-3-1-2-9-22-19/h1-7,9,17,21H,8,10-15H2. The SMILES string of the molecule is O=C(c1ccc(Sc2ccccn2)cc1)N1CCC(N2CCNCC2)C1. The van der Waals surface area contributed by atoms with E-state index in [1.807, 2.05) is 47.4 Å². The van der Waals surface area contributed by atoms with Gasteiger partial charge in [0.15, 0.2) is 0 Å². The van der Waals surface area contributed by atoms with Crippen molar-refractivity contribution in [3.8, 4) is 0 Å². The van der Waals surface area contributed by atoms with Gasteiger partial charge in [0.05, 0.1) is 0 Å². The Kier molecular flexibility index (Phi) is 5.53. The topological polar surface area (TPSA) is 48.5 Å². The second kappa shape index (κ2) is 8.20. The monoisotopic (exact) mass is 368 g/mol. The maximum absolute atomic E-state index is 12.8. The highest BCUT2D eigenvalue weighted by atomic mass is 32.2. The van der Waals surface area contributed by atoms with Gasteiger partial charge in [-0.3, -0.25) is 9.69 Å². The number of pyridine rings is 1. The van der Waals surface area contributed by atoms with Gasteiger partial charge < -0.3 is 10.2 Å². The Hall–Kier alpha value is -1.89. The highest BCUT2D eigenvalue weighted by Crippen LogP contribution is 2.26. The molecular weight excluding hydrogens is 344 g/mol. The zero-order valence-electron chi connectivity index (χ0n) is 14.8. The Morgan fingerprint density at radius 1 is 1.08 bits per heavy atom. The van der Waals surface area contributed by atoms with E-state index in [0.717, 1.165) is 61.2 Å². The number of nitrogens with one attached hydrogen (secondary N) is 1. The molecule has 2 aliphatic rings. The second-order valence-corrected chi connectivity index (χ2v) is 7.87. The lowest BCUT2D eigenvalue weighted by atomic mass is 10.2. The van der Waals surface area contributed by atoms with E-state index in [-0.39, 0.29) is 5.91 Å². The van der Waals surface area contributed by atoms with Gasteiger partial charge in [-0.1, -0.05) is 17.8 Å². The average Bonchev–Trinajstić information content (AvgIpc) is 3.20. The van der Waals surface area contributed by atoms with E-state index in [0.29, 0.717) is 6.04 Å². The van der Waals surface area contributed by atoms with E-state index in [1.54, 1.807) is 18.0 Å². The van der Waals surface area contributed by atoms with Crippen molar-refractivity contribution < 1.29 is 4.79 Å². The number of benzene rings is 1. The predicted molar refractivity (Wildman–Crippen MR) is 104 cm³/mol. The fourth-order valence-corrected chi connectivity index (χ4v) is 4.42. The van der Waals surface area contributed by atoms with E-state index in [4.69, 9.17) is 0 Å². The molecule has 3 heterocycles. The van der Waals surface area contributed by atoms with Crippen LogP contribution in [0.5, 0.6) is 0 Å². The fraction of sp³-hybridized carbons (Fsp3) is 0.400. The Bertz CT molecular complexity index is 731. The number of rotatable bonds is 4. The number of carbonyl (C=O) groups excluding carboxylic acids is 1. The summed E-state index contributed by atoms with van der Waals surface area (Å²) in [5.41, 5.74) is 0.774. The lowest BCUT2D eigenvalue weighted by Gasteiger charge is -2.32. The first-order chi connectivity index (χ1) is 12.8. The van der Waals surface area contributed by atoms with Crippen molar-refractivity contribution in [3.63, 3.8) is 0 Å². The van der Waals surface area contributed by atoms with Gasteiger partial charge in [-0.15, -0.1) is 0 Å². The van der Waals surface area contributed by atoms with Gasteiger partial charge in [0.25, 0.3) is 5.91 Å². The van der Waals surface area contributed by atoms with Gasteiger partial charge >= 0.3 is 0 Å². The van der Waals surface area contributed by atoms with Crippen molar-refractivity contribution in [1.82, 2.24) is 20.1 Å². The van der Waals surface area contributed by atoms with E-state index in [1.165, 1.54) is 0 Å². The molecule has 2 fully saturated rings. The van der Waals surface area contributed by atoms with Gasteiger partial charge in [-0.25, -0.2) is 4.98 Å². The number of amides is 1. The lowest BCUT2D eigenvalue weighted by Crippen LogP contribution is -2.49. The van der Waals surface area contributed by atoms with Crippen LogP contribution in [-0.2, 0) is 0 Å². The van der Waals surface area contributed by atoms with E-state index in [2.05, 4.69) is 15.2 Å². The number of likely N-dealkylation sites (tertiary alicyclic amines) is 1. The molecule has 0 saturated carbocycles. The van der Waals surface area contributed by atoms with Crippen LogP contribution in [-0.4, -0.2) is 66.0 Å². The van der Waals surface area contributed by atoms with Crippen LogP contribution in [0.25, 0.3) is 0 Å². The average molecular weight is 369 g/mol. The summed E-state index contributed by atoms with van der Waals surface area (Å²) >= 11 is 1.61. The van der Waals surface area contributed by atoms with Crippen molar-refractivity contribution in [1.29, 1.82) is 0 Å². The Morgan fingerprint density at radius 2 is 1.88 bits per heavy atom. The Balaban J connectivity index is 1.36. The predicted octanol–water partition coefficient (Wildman–Crippen LogP) is 2.35. The van der Waals surface area contributed by atoms with Crippen LogP contribution >= 0.6 is 11.8 Å². The first kappa shape index (κ1) is 17.5. The highest BCUT2D eigenvalue weighted by molar-refractivity contribution is 7.99. The maximum Gasteiger partial charge on any atom is 0.253 e. The Labute approximate surface area is 158 Å². The molecule has 1 unspecified atom stereocenters. The van der Waals surface area contributed by atoms with Crippen LogP contribution in [0, 0.1) is 0 Å². The van der Waals surface area contributed by atoms with Gasteiger partial charge in [-0.2, -0.15) is 0 Å². The summed E-state index contributed by atoms with van der Waals surface area (Å²) in [6.07, 6.45) is 2.88. The minimum absolute atomic E-state index is 0.150. The zero-order valence-corrected chi connectivity index (χ0v) is 15.6. The number of piperazine rings is 1. The van der Waals surface area contributed by atoms with Gasteiger partial charge in [0, 0.05) is 62.0 Å². The van der Waals surface area contributed by atoms with Crippen LogP contribution in [0.1, 0.15) is 16.8 Å². The third kappa shape index (κ3) is 4.09. The second-order valence-electron chi connectivity index (χ2n) is 6.77. The minimum atomic E-state index is 0.150. The van der Waals surface area contributed by atoms with Crippen LogP contribution < -0.4 is 5.32 Å². The summed E-state index contributed by atoms with van der Waals surface area (Å²) < 4.78 is 0. The van der Waals surface area contributed by atoms with Crippen molar-refractivity contribution in [2.45, 2.75) is 22.4 Å². The van der Waals surface area contributed by atoms with Crippen molar-refractivity contribution >= 4 is 17.7 Å². The largest absolute Gasteiger partial charge is 0.337 e. The molecule has 1 amide bonds. The molecule has 2 aromatic rings. The molecule has 5 nitrogen and oxygen atoms in total. The van der Waals surface area contributed by atoms with Crippen molar-refractivity contribution in [3.05, 3.63) is 54.2 Å². The summed E-state index contributed by atoms with van der Waals surface area (Å²) in [7, 11) is 0. The molecule has 0 bridgehead atoms. The zero-order chi connectivity index (χ0) is 17.8. The Morgan fingerprint density at radius 3 is 2.62 bits per heavy atom. The molecule has 0 spiro atoms. The van der Waals surface area contributed by atoms with Crippen molar-refractivity contribution in [2.75, 3.05) is 39.3 Å². The highest BCUT2D eigenvalue weighted by Gasteiger charge is 2.31. The molecule has 0 aliphatic carbocycles. The smallest absolute Gasteiger partial charge is 0.253 e. The summed E-state index contributed by atoms with van der Waals surface area (Å²) in [4.78, 5) is 22.8. The number of aromatic nitrogens is 1. The lowest BCUT2D eigenvalue weighted by molar-refractivity contribution is 0.0773. The summed E-state index contributed by atoms with van der Waals surface area (Å²) in [5, 5.41) is 4.35. The molecule has 2 aliphatic heterocycles. The third-order valence-corrected chi connectivity index (χ3v) is 6.04. The number of carbonyl (C=O) groups is 1. The molecule has 4 rings (SSSR count). The number of hydrogen-bond donors (Lipinski definition) is 1. The molecule has 1 atom stereocenters.